The number of nitrogens with zero attached hydrogens (tertiary/aromatic N) is 1. The van der Waals surface area contributed by atoms with Crippen LogP contribution in [-0.4, -0.2) is 36.3 Å². The van der Waals surface area contributed by atoms with E-state index in [2.05, 4.69) is 0 Å². The lowest BCUT2D eigenvalue weighted by Gasteiger charge is -2.03. The van der Waals surface area contributed by atoms with Gasteiger partial charge in [0.2, 0.25) is 0 Å². The average molecular weight is 321 g/mol. The van der Waals surface area contributed by atoms with Crippen LogP contribution in [0.1, 0.15) is 36.6 Å². The second-order valence-corrected chi connectivity index (χ2v) is 5.34. The topological polar surface area (TPSA) is 63.7 Å². The molecule has 3 rings (SSSR count). The molecule has 1 aliphatic heterocycles. The first-order valence-corrected chi connectivity index (χ1v) is 7.43. The number of esters is 1. The largest absolute Gasteiger partial charge is 0.458 e. The SMILES string of the molecule is CN1C(=O)c2ccc(C(=O)OC/C=C/c3ccccc3)cc2C1=O. The summed E-state index contributed by atoms with van der Waals surface area (Å²) in [6, 6.07) is 14.0. The standard InChI is InChI=1S/C19H15NO4/c1-20-17(21)15-10-9-14(12-16(15)18(20)22)19(23)24-11-5-8-13-6-3-2-4-7-13/h2-10,12H,11H2,1H3/b8-5+. The summed E-state index contributed by atoms with van der Waals surface area (Å²) in [7, 11) is 1.41. The molecule has 0 radical (unpaired) electrons. The third kappa shape index (κ3) is 2.96. The van der Waals surface area contributed by atoms with Gasteiger partial charge in [0.05, 0.1) is 16.7 Å². The highest BCUT2D eigenvalue weighted by Crippen LogP contribution is 2.23. The Labute approximate surface area is 139 Å². The maximum absolute atomic E-state index is 12.1. The molecule has 2 amide bonds. The fourth-order valence-electron chi connectivity index (χ4n) is 2.44. The van der Waals surface area contributed by atoms with Crippen molar-refractivity contribution in [2.75, 3.05) is 13.7 Å². The number of rotatable bonds is 4. The van der Waals surface area contributed by atoms with Crippen LogP contribution in [-0.2, 0) is 4.74 Å². The smallest absolute Gasteiger partial charge is 0.338 e. The minimum Gasteiger partial charge on any atom is -0.458 e. The van der Waals surface area contributed by atoms with Gasteiger partial charge in [-0.3, -0.25) is 14.5 Å². The van der Waals surface area contributed by atoms with E-state index in [-0.39, 0.29) is 23.6 Å². The van der Waals surface area contributed by atoms with Gasteiger partial charge in [-0.25, -0.2) is 4.79 Å². The van der Waals surface area contributed by atoms with Crippen molar-refractivity contribution in [1.82, 2.24) is 4.90 Å². The predicted octanol–water partition coefficient (Wildman–Crippen LogP) is 2.78. The molecule has 5 nitrogen and oxygen atoms in total. The molecule has 0 atom stereocenters. The van der Waals surface area contributed by atoms with Gasteiger partial charge in [-0.05, 0) is 29.8 Å². The summed E-state index contributed by atoms with van der Waals surface area (Å²) in [6.45, 7) is 0.123. The number of carbonyl (C=O) groups excluding carboxylic acids is 3. The monoisotopic (exact) mass is 321 g/mol. The molecule has 0 unspecified atom stereocenters. The molecule has 120 valence electrons. The summed E-state index contributed by atoms with van der Waals surface area (Å²) in [5.74, 6) is -1.31. The van der Waals surface area contributed by atoms with Crippen LogP contribution in [0.15, 0.2) is 54.6 Å². The second kappa shape index (κ2) is 6.50. The van der Waals surface area contributed by atoms with Gasteiger partial charge < -0.3 is 4.74 Å². The predicted molar refractivity (Wildman–Crippen MR) is 88.6 cm³/mol. The summed E-state index contributed by atoms with van der Waals surface area (Å²) in [4.78, 5) is 36.8. The number of hydrogen-bond donors (Lipinski definition) is 0. The molecular weight excluding hydrogens is 306 g/mol. The lowest BCUT2D eigenvalue weighted by Crippen LogP contribution is -2.24. The first kappa shape index (κ1) is 15.7. The van der Waals surface area contributed by atoms with E-state index in [1.165, 1.54) is 25.2 Å². The van der Waals surface area contributed by atoms with Crippen molar-refractivity contribution in [2.24, 2.45) is 0 Å². The Kier molecular flexibility index (Phi) is 4.24. The van der Waals surface area contributed by atoms with Crippen LogP contribution in [0.25, 0.3) is 6.08 Å². The Hall–Kier alpha value is -3.21. The van der Waals surface area contributed by atoms with Gasteiger partial charge in [-0.15, -0.1) is 0 Å². The highest BCUT2D eigenvalue weighted by molar-refractivity contribution is 6.21. The summed E-state index contributed by atoms with van der Waals surface area (Å²) in [6.07, 6.45) is 3.59. The lowest BCUT2D eigenvalue weighted by molar-refractivity contribution is 0.0549. The number of ether oxygens (including phenoxy) is 1. The van der Waals surface area contributed by atoms with Crippen LogP contribution < -0.4 is 0 Å². The maximum Gasteiger partial charge on any atom is 0.338 e. The molecule has 0 saturated heterocycles. The first-order valence-electron chi connectivity index (χ1n) is 7.43. The van der Waals surface area contributed by atoms with E-state index in [4.69, 9.17) is 4.74 Å². The molecule has 0 aromatic heterocycles. The van der Waals surface area contributed by atoms with Gasteiger partial charge in [0.25, 0.3) is 11.8 Å². The quantitative estimate of drug-likeness (QED) is 0.641. The van der Waals surface area contributed by atoms with Crippen LogP contribution in [0.3, 0.4) is 0 Å². The molecule has 0 N–H and O–H groups in total. The zero-order valence-electron chi connectivity index (χ0n) is 13.1. The van der Waals surface area contributed by atoms with Crippen molar-refractivity contribution in [2.45, 2.75) is 0 Å². The van der Waals surface area contributed by atoms with Crippen LogP contribution in [0.5, 0.6) is 0 Å². The molecule has 0 fully saturated rings. The fraction of sp³-hybridized carbons (Fsp3) is 0.105. The van der Waals surface area contributed by atoms with Gasteiger partial charge in [-0.2, -0.15) is 0 Å². The van der Waals surface area contributed by atoms with Gasteiger partial charge in [-0.1, -0.05) is 36.4 Å². The van der Waals surface area contributed by atoms with Gasteiger partial charge in [0, 0.05) is 7.05 Å². The van der Waals surface area contributed by atoms with Crippen molar-refractivity contribution in [3.8, 4) is 0 Å². The van der Waals surface area contributed by atoms with E-state index in [9.17, 15) is 14.4 Å². The molecule has 0 bridgehead atoms. The summed E-state index contributed by atoms with van der Waals surface area (Å²) in [5.41, 5.74) is 1.80. The molecule has 1 heterocycles. The summed E-state index contributed by atoms with van der Waals surface area (Å²) in [5, 5.41) is 0. The molecule has 2 aromatic carbocycles. The third-order valence-corrected chi connectivity index (χ3v) is 3.75. The van der Waals surface area contributed by atoms with Crippen LogP contribution in [0.4, 0.5) is 0 Å². The molecule has 0 aliphatic carbocycles. The van der Waals surface area contributed by atoms with Gasteiger partial charge in [0.1, 0.15) is 6.61 Å². The number of hydrogen-bond acceptors (Lipinski definition) is 4. The fourth-order valence-corrected chi connectivity index (χ4v) is 2.44. The van der Waals surface area contributed by atoms with Crippen molar-refractivity contribution < 1.29 is 19.1 Å². The van der Waals surface area contributed by atoms with Crippen molar-refractivity contribution in [1.29, 1.82) is 0 Å². The zero-order valence-corrected chi connectivity index (χ0v) is 13.1. The van der Waals surface area contributed by atoms with Crippen molar-refractivity contribution >= 4 is 23.9 Å². The lowest BCUT2D eigenvalue weighted by atomic mass is 10.1. The molecule has 0 spiro atoms. The number of amides is 2. The molecular formula is C19H15NO4. The molecule has 0 saturated carbocycles. The third-order valence-electron chi connectivity index (χ3n) is 3.75. The minimum atomic E-state index is -0.537. The zero-order chi connectivity index (χ0) is 17.1. The molecule has 1 aliphatic rings. The Bertz CT molecular complexity index is 840. The number of benzene rings is 2. The Morgan fingerprint density at radius 3 is 2.50 bits per heavy atom. The van der Waals surface area contributed by atoms with E-state index in [0.717, 1.165) is 10.5 Å². The number of carbonyl (C=O) groups is 3. The van der Waals surface area contributed by atoms with Crippen LogP contribution in [0, 0.1) is 0 Å². The Balaban J connectivity index is 1.65. The van der Waals surface area contributed by atoms with E-state index >= 15 is 0 Å². The van der Waals surface area contributed by atoms with E-state index in [0.29, 0.717) is 5.56 Å². The van der Waals surface area contributed by atoms with Crippen molar-refractivity contribution in [3.63, 3.8) is 0 Å². The molecule has 24 heavy (non-hydrogen) atoms. The molecule has 2 aromatic rings. The average Bonchev–Trinajstić information content (AvgIpc) is 2.83. The van der Waals surface area contributed by atoms with Crippen LogP contribution in [0.2, 0.25) is 0 Å². The van der Waals surface area contributed by atoms with Gasteiger partial charge >= 0.3 is 5.97 Å². The molecule has 5 heteroatoms. The summed E-state index contributed by atoms with van der Waals surface area (Å²) >= 11 is 0. The highest BCUT2D eigenvalue weighted by Gasteiger charge is 2.33. The Morgan fingerprint density at radius 2 is 1.75 bits per heavy atom. The van der Waals surface area contributed by atoms with Crippen molar-refractivity contribution in [3.05, 3.63) is 76.9 Å². The van der Waals surface area contributed by atoms with E-state index in [1.807, 2.05) is 36.4 Å². The summed E-state index contributed by atoms with van der Waals surface area (Å²) < 4.78 is 5.16. The maximum atomic E-state index is 12.1. The second-order valence-electron chi connectivity index (χ2n) is 5.34. The highest BCUT2D eigenvalue weighted by atomic mass is 16.5. The van der Waals surface area contributed by atoms with E-state index < -0.39 is 11.9 Å². The Morgan fingerprint density at radius 1 is 1.04 bits per heavy atom. The first-order chi connectivity index (χ1) is 11.6. The number of fused-ring (bicyclic) bond motifs is 1. The minimum absolute atomic E-state index is 0.123. The van der Waals surface area contributed by atoms with Crippen LogP contribution >= 0.6 is 0 Å². The normalized spacial score (nSPS) is 13.5. The van der Waals surface area contributed by atoms with E-state index in [1.54, 1.807) is 6.08 Å². The number of imide groups is 1. The van der Waals surface area contributed by atoms with Gasteiger partial charge in [0.15, 0.2) is 0 Å².